The molecule has 3 rings (SSSR count). The molecule has 4 nitrogen and oxygen atoms in total. The second-order valence-corrected chi connectivity index (χ2v) is 7.00. The van der Waals surface area contributed by atoms with Crippen molar-refractivity contribution < 1.29 is 22.7 Å². The highest BCUT2D eigenvalue weighted by molar-refractivity contribution is 7.09. The molecule has 8 heteroatoms. The monoisotopic (exact) mass is 348 g/mol. The largest absolute Gasteiger partial charge is 0.408 e. The molecule has 2 heterocycles. The van der Waals surface area contributed by atoms with Crippen LogP contribution in [0.15, 0.2) is 5.38 Å². The van der Waals surface area contributed by atoms with Gasteiger partial charge in [0.2, 0.25) is 0 Å². The summed E-state index contributed by atoms with van der Waals surface area (Å²) in [5, 5.41) is 4.33. The summed E-state index contributed by atoms with van der Waals surface area (Å²) in [5.74, 6) is -1.28. The molecule has 1 N–H and O–H groups in total. The summed E-state index contributed by atoms with van der Waals surface area (Å²) in [6, 6.07) is -1.79. The quantitative estimate of drug-likeness (QED) is 0.899. The van der Waals surface area contributed by atoms with Crippen LogP contribution < -0.4 is 5.32 Å². The van der Waals surface area contributed by atoms with Gasteiger partial charge in [0.25, 0.3) is 5.91 Å². The summed E-state index contributed by atoms with van der Waals surface area (Å²) in [6.45, 7) is 0.656. The molecule has 1 saturated carbocycles. The Labute approximate surface area is 136 Å². The molecule has 0 bridgehead atoms. The number of nitrogens with one attached hydrogen (secondary N) is 1. The van der Waals surface area contributed by atoms with Crippen LogP contribution in [-0.4, -0.2) is 29.7 Å². The second-order valence-electron chi connectivity index (χ2n) is 6.11. The van der Waals surface area contributed by atoms with Gasteiger partial charge in [-0.3, -0.25) is 4.79 Å². The summed E-state index contributed by atoms with van der Waals surface area (Å²) in [6.07, 6.45) is -0.218. The van der Waals surface area contributed by atoms with Gasteiger partial charge in [0.1, 0.15) is 22.8 Å². The van der Waals surface area contributed by atoms with E-state index in [-0.39, 0.29) is 11.8 Å². The van der Waals surface area contributed by atoms with E-state index in [4.69, 9.17) is 4.74 Å². The van der Waals surface area contributed by atoms with Crippen molar-refractivity contribution in [3.05, 3.63) is 16.1 Å². The van der Waals surface area contributed by atoms with Crippen molar-refractivity contribution in [2.45, 2.75) is 56.8 Å². The van der Waals surface area contributed by atoms with Crippen molar-refractivity contribution in [2.24, 2.45) is 5.92 Å². The van der Waals surface area contributed by atoms with Gasteiger partial charge >= 0.3 is 6.18 Å². The molecule has 1 aromatic rings. The number of ether oxygens (including phenoxy) is 1. The smallest absolute Gasteiger partial charge is 0.371 e. The first-order valence-corrected chi connectivity index (χ1v) is 8.77. The van der Waals surface area contributed by atoms with E-state index in [2.05, 4.69) is 10.3 Å². The van der Waals surface area contributed by atoms with Gasteiger partial charge in [0, 0.05) is 12.0 Å². The van der Waals surface area contributed by atoms with Crippen LogP contribution >= 0.6 is 11.3 Å². The van der Waals surface area contributed by atoms with E-state index in [1.807, 2.05) is 0 Å². The highest BCUT2D eigenvalue weighted by Gasteiger charge is 2.46. The minimum absolute atomic E-state index is 0.0488. The molecule has 2 fully saturated rings. The number of hydrogen-bond donors (Lipinski definition) is 1. The van der Waals surface area contributed by atoms with Crippen LogP contribution in [-0.2, 0) is 4.74 Å². The van der Waals surface area contributed by atoms with Crippen molar-refractivity contribution in [1.82, 2.24) is 10.3 Å². The fourth-order valence-corrected chi connectivity index (χ4v) is 4.17. The topological polar surface area (TPSA) is 51.2 Å². The predicted octanol–water partition coefficient (Wildman–Crippen LogP) is 3.85. The molecule has 0 radical (unpaired) electrons. The normalized spacial score (nSPS) is 24.0. The zero-order valence-electron chi connectivity index (χ0n) is 12.6. The lowest BCUT2D eigenvalue weighted by Crippen LogP contribution is -2.49. The Hall–Kier alpha value is -1.15. The minimum atomic E-state index is -4.43. The number of rotatable bonds is 4. The standard InChI is InChI=1S/C15H19F3N2O2S/c16-15(17,18)12(9-4-1-2-5-9)20-13(21)10-8-23-14(19-10)11-6-3-7-22-11/h8-9,11-12H,1-7H2,(H,20,21)/t11-,12-/m1/s1. The van der Waals surface area contributed by atoms with Crippen molar-refractivity contribution in [3.8, 4) is 0 Å². The summed E-state index contributed by atoms with van der Waals surface area (Å²) >= 11 is 1.26. The summed E-state index contributed by atoms with van der Waals surface area (Å²) in [5.41, 5.74) is 0.0488. The van der Waals surface area contributed by atoms with Crippen LogP contribution in [0.3, 0.4) is 0 Å². The third kappa shape index (κ3) is 3.85. The van der Waals surface area contributed by atoms with Crippen LogP contribution in [0.25, 0.3) is 0 Å². The molecule has 1 aromatic heterocycles. The molecule has 2 atom stereocenters. The third-order valence-corrected chi connectivity index (χ3v) is 5.41. The second kappa shape index (κ2) is 6.76. The zero-order chi connectivity index (χ0) is 16.4. The highest BCUT2D eigenvalue weighted by atomic mass is 32.1. The van der Waals surface area contributed by atoms with Gasteiger partial charge in [0.05, 0.1) is 0 Å². The number of alkyl halides is 3. The van der Waals surface area contributed by atoms with E-state index in [0.29, 0.717) is 24.5 Å². The summed E-state index contributed by atoms with van der Waals surface area (Å²) in [4.78, 5) is 16.3. The lowest BCUT2D eigenvalue weighted by molar-refractivity contribution is -0.164. The Morgan fingerprint density at radius 1 is 1.30 bits per heavy atom. The van der Waals surface area contributed by atoms with Gasteiger partial charge in [-0.05, 0) is 31.6 Å². The number of carbonyl (C=O) groups excluding carboxylic acids is 1. The molecule has 1 aliphatic heterocycles. The Balaban J connectivity index is 1.68. The van der Waals surface area contributed by atoms with Crippen molar-refractivity contribution in [2.75, 3.05) is 6.61 Å². The van der Waals surface area contributed by atoms with Crippen LogP contribution in [0.2, 0.25) is 0 Å². The molecule has 128 valence electrons. The molecule has 1 saturated heterocycles. The Kier molecular flexibility index (Phi) is 4.91. The SMILES string of the molecule is O=C(N[C@H](C1CCCC1)C(F)(F)F)c1csc([C@H]2CCCO2)n1. The fourth-order valence-electron chi connectivity index (χ4n) is 3.29. The number of amides is 1. The van der Waals surface area contributed by atoms with Gasteiger partial charge in [-0.15, -0.1) is 11.3 Å². The molecule has 2 aliphatic rings. The van der Waals surface area contributed by atoms with Crippen LogP contribution in [0, 0.1) is 5.92 Å². The van der Waals surface area contributed by atoms with Crippen molar-refractivity contribution in [3.63, 3.8) is 0 Å². The maximum atomic E-state index is 13.2. The summed E-state index contributed by atoms with van der Waals surface area (Å²) < 4.78 is 45.2. The van der Waals surface area contributed by atoms with Crippen molar-refractivity contribution >= 4 is 17.2 Å². The van der Waals surface area contributed by atoms with Crippen LogP contribution in [0.1, 0.15) is 60.1 Å². The first kappa shape index (κ1) is 16.7. The summed E-state index contributed by atoms with van der Waals surface area (Å²) in [7, 11) is 0. The Bertz CT molecular complexity index is 549. The van der Waals surface area contributed by atoms with E-state index >= 15 is 0 Å². The number of thiazole rings is 1. The van der Waals surface area contributed by atoms with Crippen LogP contribution in [0.5, 0.6) is 0 Å². The maximum Gasteiger partial charge on any atom is 0.408 e. The first-order valence-electron chi connectivity index (χ1n) is 7.90. The lowest BCUT2D eigenvalue weighted by atomic mass is 9.97. The lowest BCUT2D eigenvalue weighted by Gasteiger charge is -2.26. The Morgan fingerprint density at radius 2 is 2.04 bits per heavy atom. The van der Waals surface area contributed by atoms with Gasteiger partial charge in [-0.2, -0.15) is 13.2 Å². The molecule has 0 aromatic carbocycles. The Morgan fingerprint density at radius 3 is 2.65 bits per heavy atom. The highest BCUT2D eigenvalue weighted by Crippen LogP contribution is 2.36. The number of nitrogens with zero attached hydrogens (tertiary/aromatic N) is 1. The predicted molar refractivity (Wildman–Crippen MR) is 79.3 cm³/mol. The average Bonchev–Trinajstić information content (AvgIpc) is 3.23. The molecule has 1 aliphatic carbocycles. The minimum Gasteiger partial charge on any atom is -0.371 e. The first-order chi connectivity index (χ1) is 10.9. The molecule has 23 heavy (non-hydrogen) atoms. The molecule has 1 amide bonds. The van der Waals surface area contributed by atoms with E-state index in [1.165, 1.54) is 16.7 Å². The van der Waals surface area contributed by atoms with Gasteiger partial charge in [-0.1, -0.05) is 12.8 Å². The van der Waals surface area contributed by atoms with E-state index < -0.39 is 24.0 Å². The van der Waals surface area contributed by atoms with Crippen molar-refractivity contribution in [1.29, 1.82) is 0 Å². The number of aromatic nitrogens is 1. The van der Waals surface area contributed by atoms with Crippen LogP contribution in [0.4, 0.5) is 13.2 Å². The van der Waals surface area contributed by atoms with Gasteiger partial charge < -0.3 is 10.1 Å². The zero-order valence-corrected chi connectivity index (χ0v) is 13.4. The van der Waals surface area contributed by atoms with E-state index in [0.717, 1.165) is 25.7 Å². The molecule has 0 spiro atoms. The third-order valence-electron chi connectivity index (χ3n) is 4.47. The average molecular weight is 348 g/mol. The van der Waals surface area contributed by atoms with Gasteiger partial charge in [0.15, 0.2) is 0 Å². The molecule has 0 unspecified atom stereocenters. The number of carbonyl (C=O) groups is 1. The van der Waals surface area contributed by atoms with E-state index in [9.17, 15) is 18.0 Å². The van der Waals surface area contributed by atoms with Gasteiger partial charge in [-0.25, -0.2) is 4.98 Å². The number of hydrogen-bond acceptors (Lipinski definition) is 4. The number of halogens is 3. The molecular weight excluding hydrogens is 329 g/mol. The molecular formula is C15H19F3N2O2S. The fraction of sp³-hybridized carbons (Fsp3) is 0.733. The maximum absolute atomic E-state index is 13.2. The van der Waals surface area contributed by atoms with E-state index in [1.54, 1.807) is 0 Å².